The van der Waals surface area contributed by atoms with Gasteiger partial charge in [-0.2, -0.15) is 0 Å². The molecule has 8 rings (SSSR count). The van der Waals surface area contributed by atoms with Crippen LogP contribution in [0.1, 0.15) is 150 Å². The monoisotopic (exact) mass is 1060 g/mol. The van der Waals surface area contributed by atoms with Crippen molar-refractivity contribution in [3.63, 3.8) is 0 Å². The molecule has 3 unspecified atom stereocenters. The zero-order valence-electron chi connectivity index (χ0n) is 48.1. The summed E-state index contributed by atoms with van der Waals surface area (Å²) in [6, 6.07) is 53.8. The van der Waals surface area contributed by atoms with Gasteiger partial charge in [-0.1, -0.05) is 91.8 Å². The minimum atomic E-state index is -1.35. The molecule has 3 atom stereocenters. The molecule has 0 bridgehead atoms. The predicted molar refractivity (Wildman–Crippen MR) is 319 cm³/mol. The van der Waals surface area contributed by atoms with Crippen LogP contribution in [0.15, 0.2) is 170 Å². The largest absolute Gasteiger partial charge is 0.487 e. The molecule has 2 N–H and O–H groups in total. The minimum Gasteiger partial charge on any atom is -0.487 e. The van der Waals surface area contributed by atoms with Gasteiger partial charge in [-0.05, 0) is 226 Å². The van der Waals surface area contributed by atoms with Crippen molar-refractivity contribution < 1.29 is 38.0 Å². The number of nitrogens with two attached hydrogens (primary N) is 1. The summed E-state index contributed by atoms with van der Waals surface area (Å²) in [5.74, 6) is 6.94. The number of Topliss-reactive ketones (excluding diaryl/α,β-unsaturated/α-hetero) is 2. The highest BCUT2D eigenvalue weighted by Crippen LogP contribution is 2.39. The number of ether oxygens (including phenoxy) is 6. The van der Waals surface area contributed by atoms with Crippen molar-refractivity contribution in [1.82, 2.24) is 0 Å². The van der Waals surface area contributed by atoms with Gasteiger partial charge in [-0.15, -0.1) is 0 Å². The van der Waals surface area contributed by atoms with E-state index in [4.69, 9.17) is 34.2 Å². The number of ketones is 2. The third kappa shape index (κ3) is 13.0. The number of carbonyl (C=O) groups is 2. The van der Waals surface area contributed by atoms with E-state index >= 15 is 0 Å². The van der Waals surface area contributed by atoms with Gasteiger partial charge in [0.2, 0.25) is 0 Å². The molecule has 0 aliphatic heterocycles. The van der Waals surface area contributed by atoms with E-state index in [9.17, 15) is 9.59 Å². The fraction of sp³-hybridized carbons (Fsp3) is 0.314. The van der Waals surface area contributed by atoms with Crippen LogP contribution in [0.4, 0.5) is 0 Å². The fourth-order valence-corrected chi connectivity index (χ4v) is 9.65. The summed E-state index contributed by atoms with van der Waals surface area (Å²) >= 11 is 0. The second-order valence-electron chi connectivity index (χ2n) is 22.0. The summed E-state index contributed by atoms with van der Waals surface area (Å²) in [7, 11) is 0. The molecule has 9 nitrogen and oxygen atoms in total. The number of fused-ring (bicyclic) bond motifs is 1. The summed E-state index contributed by atoms with van der Waals surface area (Å²) in [6.07, 6.45) is 3.51. The maximum Gasteiger partial charge on any atom is 0.186 e. The van der Waals surface area contributed by atoms with E-state index in [-0.39, 0.29) is 23.1 Å². The number of aryl methyl sites for hydroxylation is 2. The maximum atomic E-state index is 14.4. The Kier molecular flexibility index (Phi) is 17.4. The van der Waals surface area contributed by atoms with Crippen LogP contribution in [0.2, 0.25) is 0 Å². The summed E-state index contributed by atoms with van der Waals surface area (Å²) in [5, 5.41) is 1.90. The molecule has 8 aromatic carbocycles. The molecule has 0 heterocycles. The molecule has 0 saturated carbocycles. The Balaban J connectivity index is 0.850. The van der Waals surface area contributed by atoms with Crippen LogP contribution in [0.5, 0.6) is 57.5 Å². The Morgan fingerprint density at radius 3 is 1.24 bits per heavy atom. The highest BCUT2D eigenvalue weighted by molar-refractivity contribution is 6.04. The summed E-state index contributed by atoms with van der Waals surface area (Å²) in [4.78, 5) is 27.3. The number of hydrogen-bond donors (Lipinski definition) is 1. The van der Waals surface area contributed by atoms with Crippen molar-refractivity contribution in [3.8, 4) is 57.5 Å². The van der Waals surface area contributed by atoms with Crippen LogP contribution in [-0.2, 0) is 0 Å². The lowest BCUT2D eigenvalue weighted by molar-refractivity contribution is 0.00558. The first-order chi connectivity index (χ1) is 37.7. The van der Waals surface area contributed by atoms with Gasteiger partial charge in [0, 0.05) is 22.5 Å². The lowest BCUT2D eigenvalue weighted by atomic mass is 9.72. The third-order valence-electron chi connectivity index (χ3n) is 16.3. The molecule has 0 aromatic heterocycles. The third-order valence-corrected chi connectivity index (χ3v) is 16.3. The van der Waals surface area contributed by atoms with Crippen molar-refractivity contribution in [3.05, 3.63) is 203 Å². The second-order valence-corrected chi connectivity index (χ2v) is 22.0. The van der Waals surface area contributed by atoms with E-state index in [1.54, 1.807) is 24.3 Å². The molecule has 410 valence electrons. The van der Waals surface area contributed by atoms with Crippen LogP contribution < -0.4 is 34.2 Å². The lowest BCUT2D eigenvalue weighted by Crippen LogP contribution is -2.66. The topological polar surface area (TPSA) is 116 Å². The van der Waals surface area contributed by atoms with Crippen LogP contribution in [0.3, 0.4) is 0 Å². The Bertz CT molecular complexity index is 3400. The zero-order valence-corrected chi connectivity index (χ0v) is 48.1. The van der Waals surface area contributed by atoms with E-state index < -0.39 is 16.6 Å². The molecule has 79 heavy (non-hydrogen) atoms. The molecule has 8 aromatic rings. The minimum absolute atomic E-state index is 0.118. The zero-order chi connectivity index (χ0) is 56.7. The Morgan fingerprint density at radius 1 is 0.418 bits per heavy atom. The predicted octanol–water partition coefficient (Wildman–Crippen LogP) is 18.9. The molecular weight excluding hydrogens is 983 g/mol. The first-order valence-electron chi connectivity index (χ1n) is 27.8. The number of carbonyl (C=O) groups excluding carboxylic acids is 2. The molecule has 9 heteroatoms. The van der Waals surface area contributed by atoms with E-state index in [0.29, 0.717) is 70.0 Å². The van der Waals surface area contributed by atoms with Gasteiger partial charge in [-0.3, -0.25) is 9.59 Å². The summed E-state index contributed by atoms with van der Waals surface area (Å²) in [5.41, 5.74) is 9.94. The van der Waals surface area contributed by atoms with Crippen molar-refractivity contribution in [2.45, 2.75) is 138 Å². The van der Waals surface area contributed by atoms with Gasteiger partial charge >= 0.3 is 0 Å². The van der Waals surface area contributed by atoms with Gasteiger partial charge in [0.1, 0.15) is 74.2 Å². The van der Waals surface area contributed by atoms with Crippen LogP contribution in [-0.4, -0.2) is 28.3 Å². The normalized spacial score (nSPS) is 13.6. The number of benzene rings is 8. The Hall–Kier alpha value is -7.88. The molecule has 0 spiro atoms. The first-order valence-corrected chi connectivity index (χ1v) is 27.8. The van der Waals surface area contributed by atoms with Gasteiger partial charge in [0.15, 0.2) is 11.6 Å². The van der Waals surface area contributed by atoms with Crippen molar-refractivity contribution in [2.24, 2.45) is 11.1 Å². The molecule has 0 saturated heterocycles. The molecule has 0 amide bonds. The van der Waals surface area contributed by atoms with E-state index in [1.165, 1.54) is 11.1 Å². The van der Waals surface area contributed by atoms with E-state index in [2.05, 4.69) is 71.9 Å². The van der Waals surface area contributed by atoms with E-state index in [1.807, 2.05) is 157 Å². The van der Waals surface area contributed by atoms with Crippen LogP contribution in [0.25, 0.3) is 10.8 Å². The molecule has 0 aliphatic rings. The quantitative estimate of drug-likeness (QED) is 0.0591. The number of hydrogen-bond acceptors (Lipinski definition) is 9. The smallest absolute Gasteiger partial charge is 0.186 e. The molecular formula is C70H77NO8. The van der Waals surface area contributed by atoms with E-state index in [0.717, 1.165) is 52.7 Å². The van der Waals surface area contributed by atoms with Crippen LogP contribution in [0, 0.1) is 19.3 Å². The SMILES string of the molecule is CCC(C)(CC)Oc1ccc(C(C)c2ccc(Oc3ccc(Oc4ccc(C(=O)C(N)(CC)C(C)(CC)Oc5ccc6cc(Oc7ccc(Oc8ccc(C(=O)C(C)(C)CC)cc8)cc7)ccc6c5)cc4)cc3)c(C)c2)cc1C. The Morgan fingerprint density at radius 2 is 0.810 bits per heavy atom. The molecule has 0 radical (unpaired) electrons. The van der Waals surface area contributed by atoms with Crippen molar-refractivity contribution in [1.29, 1.82) is 0 Å². The van der Waals surface area contributed by atoms with Gasteiger partial charge in [0.05, 0.1) is 0 Å². The van der Waals surface area contributed by atoms with Crippen molar-refractivity contribution in [2.75, 3.05) is 0 Å². The van der Waals surface area contributed by atoms with Gasteiger partial charge in [-0.25, -0.2) is 0 Å². The average Bonchev–Trinajstić information content (AvgIpc) is 3.53. The van der Waals surface area contributed by atoms with Crippen LogP contribution >= 0.6 is 0 Å². The first kappa shape index (κ1) is 57.3. The fourth-order valence-electron chi connectivity index (χ4n) is 9.65. The lowest BCUT2D eigenvalue weighted by Gasteiger charge is -2.44. The average molecular weight is 1060 g/mol. The summed E-state index contributed by atoms with van der Waals surface area (Å²) < 4.78 is 38.0. The number of rotatable bonds is 24. The standard InChI is InChI=1S/C70H77NO8/c1-13-67(9,10)65(72)49-18-26-55(27-19-49)74-57-32-34-59(35-33-57)76-61-30-22-54-45-62(31-23-53(54)44-61)78-69(12,16-4)70(71,17-5)66(73)50-20-28-56(29-21-50)75-58-36-38-60(39-37-58)77-63-40-24-51(42-46(63)6)48(8)52-25-41-64(47(7)43-52)79-68(11,14-2)15-3/h18-45,48H,13-17,71H2,1-12H3. The second kappa shape index (κ2) is 24.0. The van der Waals surface area contributed by atoms with Gasteiger partial charge < -0.3 is 34.2 Å². The molecule has 0 fully saturated rings. The molecule has 0 aliphatic carbocycles. The highest BCUT2D eigenvalue weighted by atomic mass is 16.5. The van der Waals surface area contributed by atoms with Gasteiger partial charge in [0.25, 0.3) is 0 Å². The maximum absolute atomic E-state index is 14.4. The Labute approximate surface area is 468 Å². The summed E-state index contributed by atoms with van der Waals surface area (Å²) in [6.45, 7) is 24.7. The highest BCUT2D eigenvalue weighted by Gasteiger charge is 2.51. The van der Waals surface area contributed by atoms with Crippen molar-refractivity contribution >= 4 is 22.3 Å².